The first kappa shape index (κ1) is 24.6. The van der Waals surface area contributed by atoms with Gasteiger partial charge in [0.05, 0.1) is 0 Å². The summed E-state index contributed by atoms with van der Waals surface area (Å²) < 4.78 is 41.8. The van der Waals surface area contributed by atoms with Crippen LogP contribution in [-0.2, 0) is 19.6 Å². The lowest BCUT2D eigenvalue weighted by Crippen LogP contribution is -2.55. The molecule has 1 saturated heterocycles. The number of thioether (sulfide) groups is 1. The van der Waals surface area contributed by atoms with Crippen LogP contribution in [0.15, 0.2) is 29.2 Å². The van der Waals surface area contributed by atoms with Crippen LogP contribution in [0.25, 0.3) is 0 Å². The van der Waals surface area contributed by atoms with Gasteiger partial charge in [-0.1, -0.05) is 26.0 Å². The van der Waals surface area contributed by atoms with Crippen LogP contribution < -0.4 is 10.0 Å². The summed E-state index contributed by atoms with van der Waals surface area (Å²) in [5.74, 6) is -0.883. The predicted octanol–water partition coefficient (Wildman–Crippen LogP) is 1.99. The fourth-order valence-electron chi connectivity index (χ4n) is 3.27. The normalized spacial score (nSPS) is 18.3. The third-order valence-corrected chi connectivity index (χ3v) is 7.09. The molecule has 168 valence electrons. The van der Waals surface area contributed by atoms with Crippen LogP contribution in [0.3, 0.4) is 0 Å². The lowest BCUT2D eigenvalue weighted by molar-refractivity contribution is -0.135. The van der Waals surface area contributed by atoms with Gasteiger partial charge in [-0.3, -0.25) is 9.59 Å². The van der Waals surface area contributed by atoms with E-state index in [1.807, 2.05) is 6.26 Å². The maximum atomic E-state index is 14.0. The van der Waals surface area contributed by atoms with Gasteiger partial charge in [-0.25, -0.2) is 12.8 Å². The van der Waals surface area contributed by atoms with Gasteiger partial charge in [-0.2, -0.15) is 16.5 Å². The number of amides is 2. The molecule has 7 nitrogen and oxygen atoms in total. The molecule has 2 unspecified atom stereocenters. The zero-order valence-corrected chi connectivity index (χ0v) is 19.2. The average Bonchev–Trinajstić information content (AvgIpc) is 2.70. The van der Waals surface area contributed by atoms with Crippen molar-refractivity contribution in [3.63, 3.8) is 0 Å². The van der Waals surface area contributed by atoms with Gasteiger partial charge in [0.1, 0.15) is 16.8 Å². The maximum absolute atomic E-state index is 14.0. The van der Waals surface area contributed by atoms with Crippen LogP contribution >= 0.6 is 11.8 Å². The molecule has 2 rings (SSSR count). The highest BCUT2D eigenvalue weighted by atomic mass is 32.2. The Morgan fingerprint density at radius 2 is 2.00 bits per heavy atom. The molecule has 1 aromatic rings. The highest BCUT2D eigenvalue weighted by Crippen LogP contribution is 2.18. The van der Waals surface area contributed by atoms with Crippen molar-refractivity contribution in [3.8, 4) is 0 Å². The summed E-state index contributed by atoms with van der Waals surface area (Å²) in [5.41, 5.74) is 0. The summed E-state index contributed by atoms with van der Waals surface area (Å²) in [4.78, 5) is 26.2. The topological polar surface area (TPSA) is 95.6 Å². The zero-order chi connectivity index (χ0) is 22.3. The zero-order valence-electron chi connectivity index (χ0n) is 17.6. The Bertz CT molecular complexity index is 848. The molecule has 10 heteroatoms. The third-order valence-electron chi connectivity index (χ3n) is 4.94. The Morgan fingerprint density at radius 3 is 2.63 bits per heavy atom. The number of piperidine rings is 1. The van der Waals surface area contributed by atoms with Crippen molar-refractivity contribution in [1.29, 1.82) is 0 Å². The smallest absolute Gasteiger partial charge is 0.244 e. The molecule has 2 amide bonds. The molecule has 0 spiro atoms. The number of likely N-dealkylation sites (tertiary alicyclic amines) is 1. The van der Waals surface area contributed by atoms with Gasteiger partial charge in [-0.05, 0) is 43.4 Å². The van der Waals surface area contributed by atoms with Crippen molar-refractivity contribution in [1.82, 2.24) is 14.9 Å². The van der Waals surface area contributed by atoms with E-state index in [4.69, 9.17) is 0 Å². The molecule has 0 saturated carbocycles. The van der Waals surface area contributed by atoms with Gasteiger partial charge >= 0.3 is 0 Å². The molecule has 1 fully saturated rings. The minimum absolute atomic E-state index is 0.0755. The van der Waals surface area contributed by atoms with Crippen molar-refractivity contribution in [2.24, 2.45) is 5.92 Å². The van der Waals surface area contributed by atoms with E-state index in [2.05, 4.69) is 10.0 Å². The van der Waals surface area contributed by atoms with E-state index in [0.717, 1.165) is 12.5 Å². The van der Waals surface area contributed by atoms with E-state index in [9.17, 15) is 22.4 Å². The summed E-state index contributed by atoms with van der Waals surface area (Å²) in [6.45, 7) is 4.42. The van der Waals surface area contributed by atoms with Crippen LogP contribution in [0.2, 0.25) is 0 Å². The SMILES string of the molecule is CSCCC(NS(=O)(=O)c1ccccc1F)C(=O)N1CCCC(NC(=O)C(C)C)C1. The summed E-state index contributed by atoms with van der Waals surface area (Å²) in [6.07, 6.45) is 3.63. The number of halogens is 1. The molecule has 2 atom stereocenters. The summed E-state index contributed by atoms with van der Waals surface area (Å²) >= 11 is 1.49. The number of carbonyl (C=O) groups excluding carboxylic acids is 2. The van der Waals surface area contributed by atoms with Gasteiger partial charge in [0, 0.05) is 25.0 Å². The monoisotopic (exact) mass is 459 g/mol. The van der Waals surface area contributed by atoms with E-state index < -0.39 is 26.8 Å². The Labute approximate surface area is 182 Å². The van der Waals surface area contributed by atoms with E-state index in [0.29, 0.717) is 25.3 Å². The van der Waals surface area contributed by atoms with Gasteiger partial charge in [-0.15, -0.1) is 0 Å². The first-order valence-electron chi connectivity index (χ1n) is 10.0. The molecule has 1 heterocycles. The van der Waals surface area contributed by atoms with Crippen molar-refractivity contribution >= 4 is 33.6 Å². The summed E-state index contributed by atoms with van der Waals surface area (Å²) in [7, 11) is -4.20. The molecule has 1 aliphatic rings. The number of benzene rings is 1. The third kappa shape index (κ3) is 6.68. The second kappa shape index (κ2) is 11.1. The summed E-state index contributed by atoms with van der Waals surface area (Å²) in [5, 5.41) is 2.94. The second-order valence-electron chi connectivity index (χ2n) is 7.67. The molecule has 0 radical (unpaired) electrons. The predicted molar refractivity (Wildman–Crippen MR) is 116 cm³/mol. The van der Waals surface area contributed by atoms with Crippen molar-refractivity contribution < 1.29 is 22.4 Å². The molecular formula is C20H30FN3O4S2. The number of carbonyl (C=O) groups is 2. The maximum Gasteiger partial charge on any atom is 0.244 e. The summed E-state index contributed by atoms with van der Waals surface area (Å²) in [6, 6.07) is 3.92. The number of rotatable bonds is 9. The number of hydrogen-bond donors (Lipinski definition) is 2. The Balaban J connectivity index is 2.14. The standard InChI is InChI=1S/C20H30FN3O4S2/c1-14(2)19(25)22-15-7-6-11-24(13-15)20(26)17(10-12-29-3)23-30(27,28)18-9-5-4-8-16(18)21/h4-5,8-9,14-15,17,23H,6-7,10-13H2,1-3H3,(H,22,25). The molecule has 0 bridgehead atoms. The van der Waals surface area contributed by atoms with Crippen LogP contribution in [0.1, 0.15) is 33.1 Å². The van der Waals surface area contributed by atoms with Gasteiger partial charge in [0.2, 0.25) is 21.8 Å². The molecule has 1 aliphatic heterocycles. The fourth-order valence-corrected chi connectivity index (χ4v) is 5.04. The fraction of sp³-hybridized carbons (Fsp3) is 0.600. The van der Waals surface area contributed by atoms with E-state index in [-0.39, 0.29) is 30.2 Å². The van der Waals surface area contributed by atoms with Gasteiger partial charge in [0.25, 0.3) is 0 Å². The van der Waals surface area contributed by atoms with Crippen LogP contribution in [-0.4, -0.2) is 62.3 Å². The number of sulfonamides is 1. The number of nitrogens with one attached hydrogen (secondary N) is 2. The Hall–Kier alpha value is -1.65. The number of hydrogen-bond acceptors (Lipinski definition) is 5. The second-order valence-corrected chi connectivity index (χ2v) is 10.3. The average molecular weight is 460 g/mol. The largest absolute Gasteiger partial charge is 0.351 e. The van der Waals surface area contributed by atoms with Crippen molar-refractivity contribution in [2.45, 2.75) is 50.1 Å². The lowest BCUT2D eigenvalue weighted by atomic mass is 10.0. The minimum atomic E-state index is -4.20. The van der Waals surface area contributed by atoms with Gasteiger partial charge in [0.15, 0.2) is 0 Å². The molecule has 1 aromatic carbocycles. The lowest BCUT2D eigenvalue weighted by Gasteiger charge is -2.35. The molecule has 30 heavy (non-hydrogen) atoms. The molecule has 0 aliphatic carbocycles. The Kier molecular flexibility index (Phi) is 9.11. The number of nitrogens with zero attached hydrogens (tertiary/aromatic N) is 1. The van der Waals surface area contributed by atoms with Crippen LogP contribution in [0.4, 0.5) is 4.39 Å². The molecule has 0 aromatic heterocycles. The van der Waals surface area contributed by atoms with Crippen LogP contribution in [0, 0.1) is 11.7 Å². The van der Waals surface area contributed by atoms with Crippen molar-refractivity contribution in [3.05, 3.63) is 30.1 Å². The quantitative estimate of drug-likeness (QED) is 0.589. The van der Waals surface area contributed by atoms with E-state index >= 15 is 0 Å². The highest BCUT2D eigenvalue weighted by Gasteiger charge is 2.33. The molecular weight excluding hydrogens is 429 g/mol. The minimum Gasteiger partial charge on any atom is -0.351 e. The Morgan fingerprint density at radius 1 is 1.30 bits per heavy atom. The first-order chi connectivity index (χ1) is 14.2. The highest BCUT2D eigenvalue weighted by molar-refractivity contribution is 7.98. The van der Waals surface area contributed by atoms with Gasteiger partial charge < -0.3 is 10.2 Å². The van der Waals surface area contributed by atoms with Crippen LogP contribution in [0.5, 0.6) is 0 Å². The molecule has 2 N–H and O–H groups in total. The van der Waals surface area contributed by atoms with E-state index in [1.165, 1.54) is 30.0 Å². The first-order valence-corrected chi connectivity index (χ1v) is 12.9. The van der Waals surface area contributed by atoms with Crippen molar-refractivity contribution in [2.75, 3.05) is 25.1 Å². The van der Waals surface area contributed by atoms with E-state index in [1.54, 1.807) is 18.7 Å².